The molecule has 0 atom stereocenters. The van der Waals surface area contributed by atoms with E-state index in [1.165, 1.54) is 32.9 Å². The number of aromatic nitrogens is 3. The van der Waals surface area contributed by atoms with Gasteiger partial charge in [-0.2, -0.15) is 0 Å². The number of carbonyl (C=O) groups excluding carboxylic acids is 6. The fourth-order valence-corrected chi connectivity index (χ4v) is 12.9. The number of oxime groups is 3. The van der Waals surface area contributed by atoms with E-state index in [0.717, 1.165) is 146 Å². The molecule has 12 rings (SSSR count). The number of hydrogen-bond donors (Lipinski definition) is 0. The highest BCUT2D eigenvalue weighted by Crippen LogP contribution is 2.36. The maximum absolute atomic E-state index is 14.4. The van der Waals surface area contributed by atoms with E-state index in [0.29, 0.717) is 33.8 Å². The molecule has 0 aliphatic carbocycles. The zero-order chi connectivity index (χ0) is 69.8. The summed E-state index contributed by atoms with van der Waals surface area (Å²) in [5.41, 5.74) is 20.0. The van der Waals surface area contributed by atoms with Gasteiger partial charge >= 0.3 is 17.9 Å². The van der Waals surface area contributed by atoms with Crippen LogP contribution in [0.25, 0.3) is 65.4 Å². The lowest BCUT2D eigenvalue weighted by molar-refractivity contribution is -0.141. The molecule has 0 N–H and O–H groups in total. The monoisotopic (exact) mass is 1300 g/mol. The van der Waals surface area contributed by atoms with Crippen LogP contribution >= 0.6 is 0 Å². The standard InChI is InChI=1S/C28H28N2O3.C27H26N2O3.C26H23FN2O3/c1-7-30-25-10-8-21(19(5)29-33-20(6)31)14-23(25)24-15-22(9-11-26(24)30)28(32)27-17(3)12-16(2)13-18(27)4;1-6-29-25-11-8-20(18(4)28-32-19(5)30)14-23(25)24-15-21(9-12-26(24)29)27(31)22-10-7-16(2)13-17(22)3;1-5-29-24-10-7-18(16(3)28-32-17(4)30)13-21(24)22-14-19(8-11-25(22)29)26(31)20-9-6-15(2)12-23(20)27/h8-15H,7H2,1-6H3;7-15H,6H2,1-5H3;6-14H,5H2,1-4H3/b29-19-;28-18-;28-16-. The predicted octanol–water partition coefficient (Wildman–Crippen LogP) is 18.0. The van der Waals surface area contributed by atoms with Gasteiger partial charge in [-0.05, 0) is 225 Å². The Bertz CT molecular complexity index is 5090. The van der Waals surface area contributed by atoms with E-state index in [1.54, 1.807) is 39.8 Å². The van der Waals surface area contributed by atoms with Crippen LogP contribution in [0.4, 0.5) is 4.39 Å². The minimum Gasteiger partial charge on any atom is -0.341 e. The Morgan fingerprint density at radius 1 is 0.330 bits per heavy atom. The second kappa shape index (κ2) is 28.8. The first kappa shape index (κ1) is 68.6. The highest BCUT2D eigenvalue weighted by Gasteiger charge is 2.22. The Labute approximate surface area is 562 Å². The summed E-state index contributed by atoms with van der Waals surface area (Å²) in [6.07, 6.45) is 0. The average molecular weight is 1300 g/mol. The fourth-order valence-electron chi connectivity index (χ4n) is 12.9. The van der Waals surface area contributed by atoms with Crippen LogP contribution in [-0.2, 0) is 48.5 Å². The van der Waals surface area contributed by atoms with Crippen molar-refractivity contribution >= 4 is 118 Å². The summed E-state index contributed by atoms with van der Waals surface area (Å²) in [5, 5.41) is 17.6. The number of carbonyl (C=O) groups is 6. The molecule has 3 heterocycles. The van der Waals surface area contributed by atoms with Gasteiger partial charge in [0.1, 0.15) is 5.82 Å². The van der Waals surface area contributed by atoms with Gasteiger partial charge in [-0.15, -0.1) is 0 Å². The molecule has 0 saturated heterocycles. The summed E-state index contributed by atoms with van der Waals surface area (Å²) < 4.78 is 21.0. The van der Waals surface area contributed by atoms with Crippen LogP contribution in [-0.4, -0.2) is 66.1 Å². The van der Waals surface area contributed by atoms with Crippen LogP contribution in [0.2, 0.25) is 0 Å². The van der Waals surface area contributed by atoms with Crippen molar-refractivity contribution in [2.24, 2.45) is 15.5 Å². The third-order valence-electron chi connectivity index (χ3n) is 17.4. The molecular formula is C81H77FN6O9. The van der Waals surface area contributed by atoms with Gasteiger partial charge in [-0.3, -0.25) is 14.4 Å². The Kier molecular flexibility index (Phi) is 20.3. The normalized spacial score (nSPS) is 11.9. The van der Waals surface area contributed by atoms with Crippen LogP contribution in [0.15, 0.2) is 173 Å². The van der Waals surface area contributed by atoms with E-state index in [1.807, 2.05) is 150 Å². The Morgan fingerprint density at radius 3 is 0.918 bits per heavy atom. The number of nitrogens with zero attached hydrogens (tertiary/aromatic N) is 6. The van der Waals surface area contributed by atoms with Gasteiger partial charge in [0.15, 0.2) is 17.3 Å². The van der Waals surface area contributed by atoms with E-state index >= 15 is 0 Å². The lowest BCUT2D eigenvalue weighted by atomic mass is 9.92. The van der Waals surface area contributed by atoms with Gasteiger partial charge in [-0.25, -0.2) is 18.8 Å². The number of benzene rings is 9. The second-order valence-electron chi connectivity index (χ2n) is 24.5. The molecule has 0 bridgehead atoms. The molecule has 9 aromatic carbocycles. The molecule has 0 amide bonds. The highest BCUT2D eigenvalue weighted by molar-refractivity contribution is 6.19. The van der Waals surface area contributed by atoms with Crippen molar-refractivity contribution < 1.29 is 47.7 Å². The van der Waals surface area contributed by atoms with Crippen molar-refractivity contribution in [1.82, 2.24) is 13.7 Å². The zero-order valence-electron chi connectivity index (χ0n) is 57.4. The van der Waals surface area contributed by atoms with Gasteiger partial charge in [-0.1, -0.05) is 81.2 Å². The Morgan fingerprint density at radius 2 is 0.608 bits per heavy atom. The molecule has 0 radical (unpaired) electrons. The van der Waals surface area contributed by atoms with Gasteiger partial charge in [0.2, 0.25) is 0 Å². The number of fused-ring (bicyclic) bond motifs is 9. The Balaban J connectivity index is 0.000000158. The summed E-state index contributed by atoms with van der Waals surface area (Å²) in [5.74, 6) is -2.22. The maximum Gasteiger partial charge on any atom is 0.331 e. The molecule has 0 spiro atoms. The van der Waals surface area contributed by atoms with Gasteiger partial charge in [0.25, 0.3) is 0 Å². The topological polar surface area (TPSA) is 182 Å². The first-order chi connectivity index (χ1) is 46.3. The molecule has 0 aliphatic rings. The van der Waals surface area contributed by atoms with Crippen molar-refractivity contribution in [3.8, 4) is 0 Å². The Hall–Kier alpha value is -11.3. The quantitative estimate of drug-likeness (QED) is 0.0417. The van der Waals surface area contributed by atoms with Crippen LogP contribution < -0.4 is 0 Å². The van der Waals surface area contributed by atoms with E-state index in [2.05, 4.69) is 68.1 Å². The maximum atomic E-state index is 14.4. The SMILES string of the molecule is CCn1c2ccc(C(=O)c3c(C)cc(C)cc3C)cc2c2cc(/C(C)=N\OC(C)=O)ccc21.CCn1c2ccc(C(=O)c3ccc(C)cc3C)cc2c2cc(/C(C)=N\OC(C)=O)ccc21.CCn1c2ccc(C(=O)c3ccc(C)cc3F)cc2c2cc(/C(C)=N\OC(C)=O)ccc21. The third-order valence-corrected chi connectivity index (χ3v) is 17.4. The van der Waals surface area contributed by atoms with Crippen molar-refractivity contribution in [1.29, 1.82) is 0 Å². The molecule has 0 fully saturated rings. The molecule has 0 saturated carbocycles. The molecule has 12 aromatic rings. The minimum atomic E-state index is -0.523. The molecule has 97 heavy (non-hydrogen) atoms. The first-order valence-corrected chi connectivity index (χ1v) is 32.2. The van der Waals surface area contributed by atoms with Gasteiger partial charge < -0.3 is 28.2 Å². The first-order valence-electron chi connectivity index (χ1n) is 32.2. The molecule has 492 valence electrons. The molecule has 3 aromatic heterocycles. The molecule has 0 unspecified atom stereocenters. The van der Waals surface area contributed by atoms with Crippen molar-refractivity contribution in [3.63, 3.8) is 0 Å². The number of halogens is 1. The van der Waals surface area contributed by atoms with E-state index in [4.69, 9.17) is 14.5 Å². The van der Waals surface area contributed by atoms with Crippen LogP contribution in [0.5, 0.6) is 0 Å². The summed E-state index contributed by atoms with van der Waals surface area (Å²) >= 11 is 0. The highest BCUT2D eigenvalue weighted by atomic mass is 19.1. The average Bonchev–Trinajstić information content (AvgIpc) is 1.62. The smallest absolute Gasteiger partial charge is 0.331 e. The predicted molar refractivity (Wildman–Crippen MR) is 385 cm³/mol. The van der Waals surface area contributed by atoms with E-state index < -0.39 is 23.7 Å². The second-order valence-corrected chi connectivity index (χ2v) is 24.5. The number of hydrogen-bond acceptors (Lipinski definition) is 12. The van der Waals surface area contributed by atoms with Crippen molar-refractivity contribution in [3.05, 3.63) is 247 Å². The minimum absolute atomic E-state index is 0.0190. The number of ketones is 3. The molecule has 16 heteroatoms. The summed E-state index contributed by atoms with van der Waals surface area (Å²) in [6.45, 7) is 29.8. The summed E-state index contributed by atoms with van der Waals surface area (Å²) in [4.78, 5) is 87.5. The van der Waals surface area contributed by atoms with Crippen molar-refractivity contribution in [2.45, 2.75) is 123 Å². The molecule has 15 nitrogen and oxygen atoms in total. The summed E-state index contributed by atoms with van der Waals surface area (Å²) in [7, 11) is 0. The van der Waals surface area contributed by atoms with Gasteiger partial charge in [0.05, 0.1) is 22.7 Å². The van der Waals surface area contributed by atoms with E-state index in [-0.39, 0.29) is 22.9 Å². The molecule has 0 aliphatic heterocycles. The number of aryl methyl sites for hydroxylation is 9. The summed E-state index contributed by atoms with van der Waals surface area (Å²) in [6, 6.07) is 50.0. The van der Waals surface area contributed by atoms with Crippen LogP contribution in [0, 0.1) is 47.4 Å². The number of rotatable bonds is 15. The lowest BCUT2D eigenvalue weighted by Gasteiger charge is -2.11. The lowest BCUT2D eigenvalue weighted by Crippen LogP contribution is -2.07. The van der Waals surface area contributed by atoms with E-state index in [9.17, 15) is 33.2 Å². The van der Waals surface area contributed by atoms with Crippen molar-refractivity contribution in [2.75, 3.05) is 0 Å². The van der Waals surface area contributed by atoms with Crippen LogP contribution in [0.3, 0.4) is 0 Å². The zero-order valence-corrected chi connectivity index (χ0v) is 57.4. The third kappa shape index (κ3) is 14.3. The fraction of sp³-hybridized carbons (Fsp3) is 0.222. The molecular weight excluding hydrogens is 1220 g/mol. The van der Waals surface area contributed by atoms with Gasteiger partial charge in [0, 0.05) is 134 Å². The largest absolute Gasteiger partial charge is 0.341 e. The van der Waals surface area contributed by atoms with Crippen LogP contribution in [0.1, 0.15) is 160 Å².